The van der Waals surface area contributed by atoms with Gasteiger partial charge in [-0.3, -0.25) is 4.40 Å². The van der Waals surface area contributed by atoms with Crippen molar-refractivity contribution in [2.24, 2.45) is 0 Å². The monoisotopic (exact) mass is 864 g/mol. The summed E-state index contributed by atoms with van der Waals surface area (Å²) in [5.74, 6) is 0. The second kappa shape index (κ2) is 12.7. The first-order chi connectivity index (χ1) is 32.1. The van der Waals surface area contributed by atoms with Gasteiger partial charge in [0.15, 0.2) is 0 Å². The van der Waals surface area contributed by atoms with Crippen molar-refractivity contribution in [1.82, 2.24) is 18.4 Å². The topological polar surface area (TPSA) is 26.6 Å². The molecule has 0 saturated heterocycles. The summed E-state index contributed by atoms with van der Waals surface area (Å²) in [7, 11) is 0. The first kappa shape index (κ1) is 38.8. The van der Waals surface area contributed by atoms with Gasteiger partial charge in [0.1, 0.15) is 5.65 Å². The Kier molecular flexibility index (Phi) is 7.36. The van der Waals surface area contributed by atoms with Crippen molar-refractivity contribution in [3.05, 3.63) is 168 Å². The number of fused-ring (bicyclic) bond motifs is 18. The van der Waals surface area contributed by atoms with Gasteiger partial charge in [-0.15, -0.1) is 0 Å². The van der Waals surface area contributed by atoms with Crippen LogP contribution < -0.4 is 0 Å². The molecule has 0 aliphatic heterocycles. The lowest BCUT2D eigenvalue weighted by Crippen LogP contribution is -2.11. The van der Waals surface area contributed by atoms with E-state index in [1.165, 1.54) is 131 Å². The number of pyridine rings is 1. The standard InChI is InChI=1S/C63H52N4/c1-61(2,3)37-24-26-52-45(29-37)46-28-35-17-13-14-20-41(35)55-56-54-49-33-39(63(7,8)9)32-48-47-31-38(62(4,5)6)30-43(57(47)66(58(48)49)53(54)34-64-60(56)67(52)59(46)55)36-23-25-51-44(27-36)42-21-15-16-22-50(42)65(51)40-18-11-10-12-19-40/h10-34H,1-9H3. The highest BCUT2D eigenvalue weighted by Gasteiger charge is 2.30. The number of aromatic nitrogens is 4. The molecule has 0 radical (unpaired) electrons. The molecule has 0 fully saturated rings. The molecule has 0 N–H and O–H groups in total. The smallest absolute Gasteiger partial charge is 0.146 e. The molecule has 4 heteroatoms. The van der Waals surface area contributed by atoms with Gasteiger partial charge in [-0.05, 0) is 122 Å². The Bertz CT molecular complexity index is 4420. The molecule has 0 aliphatic carbocycles. The molecular weight excluding hydrogens is 813 g/mol. The predicted molar refractivity (Wildman–Crippen MR) is 287 cm³/mol. The molecule has 14 rings (SSSR count). The third-order valence-electron chi connectivity index (χ3n) is 15.3. The highest BCUT2D eigenvalue weighted by molar-refractivity contribution is 6.39. The molecule has 6 heterocycles. The number of rotatable bonds is 2. The highest BCUT2D eigenvalue weighted by atomic mass is 15.0. The molecule has 0 aliphatic rings. The summed E-state index contributed by atoms with van der Waals surface area (Å²) in [6.07, 6.45) is 2.19. The Morgan fingerprint density at radius 3 is 1.73 bits per heavy atom. The Morgan fingerprint density at radius 2 is 0.970 bits per heavy atom. The van der Waals surface area contributed by atoms with Gasteiger partial charge in [-0.2, -0.15) is 0 Å². The summed E-state index contributed by atoms with van der Waals surface area (Å²) >= 11 is 0. The van der Waals surface area contributed by atoms with Crippen LogP contribution in [0.4, 0.5) is 0 Å². The lowest BCUT2D eigenvalue weighted by molar-refractivity contribution is 0.591. The van der Waals surface area contributed by atoms with E-state index in [1.54, 1.807) is 0 Å². The molecule has 0 saturated carbocycles. The summed E-state index contributed by atoms with van der Waals surface area (Å²) in [5.41, 5.74) is 17.1. The van der Waals surface area contributed by atoms with Gasteiger partial charge in [0.05, 0.1) is 44.8 Å². The van der Waals surface area contributed by atoms with Crippen molar-refractivity contribution in [3.8, 4) is 16.8 Å². The van der Waals surface area contributed by atoms with Gasteiger partial charge >= 0.3 is 0 Å². The van der Waals surface area contributed by atoms with Crippen LogP contribution in [0.5, 0.6) is 0 Å². The van der Waals surface area contributed by atoms with Crippen molar-refractivity contribution in [2.45, 2.75) is 78.6 Å². The minimum Gasteiger partial charge on any atom is -0.309 e. The largest absolute Gasteiger partial charge is 0.309 e. The van der Waals surface area contributed by atoms with Gasteiger partial charge in [0.2, 0.25) is 0 Å². The van der Waals surface area contributed by atoms with Crippen LogP contribution in [0, 0.1) is 0 Å². The average Bonchev–Trinajstić information content (AvgIpc) is 4.10. The van der Waals surface area contributed by atoms with E-state index in [0.29, 0.717) is 0 Å². The fourth-order valence-electron chi connectivity index (χ4n) is 11.9. The van der Waals surface area contributed by atoms with E-state index in [4.69, 9.17) is 4.98 Å². The second-order valence-corrected chi connectivity index (χ2v) is 22.5. The van der Waals surface area contributed by atoms with Crippen molar-refractivity contribution >= 4 is 109 Å². The van der Waals surface area contributed by atoms with Crippen molar-refractivity contribution < 1.29 is 0 Å². The fourth-order valence-corrected chi connectivity index (χ4v) is 11.9. The number of nitrogens with zero attached hydrogens (tertiary/aromatic N) is 4. The Morgan fingerprint density at radius 1 is 0.373 bits per heavy atom. The van der Waals surface area contributed by atoms with E-state index < -0.39 is 0 Å². The fraction of sp³-hybridized carbons (Fsp3) is 0.190. The number of hydrogen-bond acceptors (Lipinski definition) is 1. The summed E-state index contributed by atoms with van der Waals surface area (Å²) in [5, 5.41) is 15.3. The van der Waals surface area contributed by atoms with Gasteiger partial charge in [0, 0.05) is 65.1 Å². The van der Waals surface area contributed by atoms with Gasteiger partial charge in [-0.25, -0.2) is 4.98 Å². The Labute approximate surface area is 389 Å². The number of hydrogen-bond donors (Lipinski definition) is 0. The van der Waals surface area contributed by atoms with Crippen molar-refractivity contribution in [1.29, 1.82) is 0 Å². The summed E-state index contributed by atoms with van der Waals surface area (Å²) in [6.45, 7) is 21.1. The first-order valence-corrected chi connectivity index (χ1v) is 24.0. The Hall–Kier alpha value is -7.43. The Balaban J connectivity index is 1.18. The second-order valence-electron chi connectivity index (χ2n) is 22.5. The molecule has 6 aromatic heterocycles. The predicted octanol–water partition coefficient (Wildman–Crippen LogP) is 17.2. The molecule has 0 amide bonds. The molecule has 4 nitrogen and oxygen atoms in total. The van der Waals surface area contributed by atoms with E-state index >= 15 is 0 Å². The van der Waals surface area contributed by atoms with E-state index in [-0.39, 0.29) is 16.2 Å². The molecule has 67 heavy (non-hydrogen) atoms. The zero-order chi connectivity index (χ0) is 45.6. The van der Waals surface area contributed by atoms with Gasteiger partial charge in [-0.1, -0.05) is 135 Å². The zero-order valence-electron chi connectivity index (χ0n) is 39.7. The maximum absolute atomic E-state index is 5.60. The van der Waals surface area contributed by atoms with E-state index in [2.05, 4.69) is 227 Å². The summed E-state index contributed by atoms with van der Waals surface area (Å²) in [6, 6.07) is 55.3. The molecule has 324 valence electrons. The SMILES string of the molecule is CC(C)(C)c1ccc2c(c1)c1cc3ccccc3c3c4c5c6cc(C(C)(C)C)cc7c8cc(C(C)(C)C)cc(-c9ccc%10c(c9)c9ccccc9n%10-c9ccccc9)c8n(c5cnc4n2c13)c76. The van der Waals surface area contributed by atoms with Gasteiger partial charge < -0.3 is 8.97 Å². The van der Waals surface area contributed by atoms with Crippen LogP contribution in [-0.2, 0) is 16.2 Å². The lowest BCUT2D eigenvalue weighted by Gasteiger charge is -2.22. The van der Waals surface area contributed by atoms with Crippen LogP contribution >= 0.6 is 0 Å². The van der Waals surface area contributed by atoms with Gasteiger partial charge in [0.25, 0.3) is 0 Å². The van der Waals surface area contributed by atoms with Crippen molar-refractivity contribution in [3.63, 3.8) is 0 Å². The van der Waals surface area contributed by atoms with E-state index in [1.807, 2.05) is 0 Å². The molecule has 0 bridgehead atoms. The summed E-state index contributed by atoms with van der Waals surface area (Å²) < 4.78 is 7.49. The van der Waals surface area contributed by atoms with Crippen molar-refractivity contribution in [2.75, 3.05) is 0 Å². The minimum atomic E-state index is -0.0838. The maximum atomic E-state index is 5.60. The zero-order valence-corrected chi connectivity index (χ0v) is 39.7. The van der Waals surface area contributed by atoms with Crippen LogP contribution in [0.2, 0.25) is 0 Å². The van der Waals surface area contributed by atoms with E-state index in [0.717, 1.165) is 11.2 Å². The van der Waals surface area contributed by atoms with Crippen LogP contribution in [0.15, 0.2) is 152 Å². The molecule has 0 atom stereocenters. The van der Waals surface area contributed by atoms with Crippen LogP contribution in [0.25, 0.3) is 126 Å². The molecule has 14 aromatic rings. The third-order valence-corrected chi connectivity index (χ3v) is 15.3. The van der Waals surface area contributed by atoms with E-state index in [9.17, 15) is 0 Å². The molecular formula is C63H52N4. The van der Waals surface area contributed by atoms with Crippen LogP contribution in [-0.4, -0.2) is 18.4 Å². The number of benzene rings is 8. The van der Waals surface area contributed by atoms with Crippen LogP contribution in [0.1, 0.15) is 79.0 Å². The summed E-state index contributed by atoms with van der Waals surface area (Å²) in [4.78, 5) is 5.60. The molecule has 8 aromatic carbocycles. The minimum absolute atomic E-state index is 0.0301. The maximum Gasteiger partial charge on any atom is 0.146 e. The first-order valence-electron chi connectivity index (χ1n) is 24.0. The highest BCUT2D eigenvalue weighted by Crippen LogP contribution is 2.51. The van der Waals surface area contributed by atoms with Crippen LogP contribution in [0.3, 0.4) is 0 Å². The average molecular weight is 865 g/mol. The normalized spacial score (nSPS) is 13.4. The molecule has 0 spiro atoms. The third kappa shape index (κ3) is 5.11. The molecule has 0 unspecified atom stereocenters. The number of para-hydroxylation sites is 2. The quantitative estimate of drug-likeness (QED) is 0.170. The lowest BCUT2D eigenvalue weighted by atomic mass is 9.83.